The van der Waals surface area contributed by atoms with Gasteiger partial charge in [-0.2, -0.15) is 10.1 Å². The van der Waals surface area contributed by atoms with Crippen LogP contribution in [-0.4, -0.2) is 41.4 Å². The van der Waals surface area contributed by atoms with E-state index in [1.807, 2.05) is 18.2 Å². The monoisotopic (exact) mass is 374 g/mol. The Balaban J connectivity index is 1.45. The summed E-state index contributed by atoms with van der Waals surface area (Å²) in [4.78, 5) is 9.42. The first-order chi connectivity index (χ1) is 13.6. The summed E-state index contributed by atoms with van der Waals surface area (Å²) in [5.41, 5.74) is 6.19. The molecule has 2 aromatic carbocycles. The van der Waals surface area contributed by atoms with Crippen molar-refractivity contribution in [3.8, 4) is 0 Å². The quantitative estimate of drug-likeness (QED) is 0.748. The molecule has 0 amide bonds. The zero-order chi connectivity index (χ0) is 19.5. The molecule has 1 aliphatic heterocycles. The molecule has 28 heavy (non-hydrogen) atoms. The van der Waals surface area contributed by atoms with Crippen LogP contribution in [0.5, 0.6) is 0 Å². The van der Waals surface area contributed by atoms with Crippen molar-refractivity contribution < 1.29 is 0 Å². The molecule has 3 aromatic rings. The van der Waals surface area contributed by atoms with Gasteiger partial charge in [0.25, 0.3) is 0 Å². The number of para-hydroxylation sites is 1. The first kappa shape index (κ1) is 18.2. The number of benzene rings is 2. The Morgan fingerprint density at radius 2 is 1.54 bits per heavy atom. The summed E-state index contributed by atoms with van der Waals surface area (Å²) in [7, 11) is 0. The molecule has 6 heteroatoms. The average Bonchev–Trinajstić information content (AvgIpc) is 2.72. The SMILES string of the molecule is Cc1ccccc1Nc1nncc(N2CCN(c3cccc(C)c3C)CC2)n1. The maximum Gasteiger partial charge on any atom is 0.249 e. The van der Waals surface area contributed by atoms with Crippen molar-refractivity contribution in [2.75, 3.05) is 41.3 Å². The summed E-state index contributed by atoms with van der Waals surface area (Å²) < 4.78 is 0. The molecule has 0 atom stereocenters. The lowest BCUT2D eigenvalue weighted by molar-refractivity contribution is 0.643. The molecular formula is C22H26N6. The van der Waals surface area contributed by atoms with Gasteiger partial charge in [0.1, 0.15) is 0 Å². The molecule has 0 bridgehead atoms. The molecule has 0 unspecified atom stereocenters. The van der Waals surface area contributed by atoms with Gasteiger partial charge in [0, 0.05) is 37.6 Å². The number of nitrogens with zero attached hydrogens (tertiary/aromatic N) is 5. The van der Waals surface area contributed by atoms with E-state index in [0.717, 1.165) is 43.2 Å². The Hall–Kier alpha value is -3.15. The highest BCUT2D eigenvalue weighted by molar-refractivity contribution is 5.59. The van der Waals surface area contributed by atoms with Crippen molar-refractivity contribution in [3.05, 3.63) is 65.4 Å². The maximum atomic E-state index is 4.68. The molecule has 1 aliphatic rings. The van der Waals surface area contributed by atoms with Crippen LogP contribution in [0, 0.1) is 20.8 Å². The van der Waals surface area contributed by atoms with Gasteiger partial charge in [0.2, 0.25) is 5.95 Å². The van der Waals surface area contributed by atoms with Gasteiger partial charge in [-0.1, -0.05) is 30.3 Å². The Morgan fingerprint density at radius 1 is 0.821 bits per heavy atom. The fourth-order valence-electron chi connectivity index (χ4n) is 3.59. The van der Waals surface area contributed by atoms with Crippen molar-refractivity contribution in [1.82, 2.24) is 15.2 Å². The van der Waals surface area contributed by atoms with Crippen LogP contribution in [-0.2, 0) is 0 Å². The van der Waals surface area contributed by atoms with Crippen LogP contribution in [0.4, 0.5) is 23.1 Å². The molecule has 1 aromatic heterocycles. The number of rotatable bonds is 4. The van der Waals surface area contributed by atoms with Crippen molar-refractivity contribution in [2.24, 2.45) is 0 Å². The van der Waals surface area contributed by atoms with Crippen LogP contribution in [0.15, 0.2) is 48.7 Å². The molecule has 0 saturated carbocycles. The Kier molecular flexibility index (Phi) is 5.10. The maximum absolute atomic E-state index is 4.68. The molecule has 1 fully saturated rings. The lowest BCUT2D eigenvalue weighted by Crippen LogP contribution is -2.47. The normalized spacial score (nSPS) is 14.2. The van der Waals surface area contributed by atoms with Gasteiger partial charge in [0.15, 0.2) is 5.82 Å². The molecule has 2 heterocycles. The molecule has 0 spiro atoms. The second-order valence-electron chi connectivity index (χ2n) is 7.27. The highest BCUT2D eigenvalue weighted by Crippen LogP contribution is 2.25. The van der Waals surface area contributed by atoms with E-state index < -0.39 is 0 Å². The van der Waals surface area contributed by atoms with Crippen LogP contribution >= 0.6 is 0 Å². The van der Waals surface area contributed by atoms with E-state index in [1.54, 1.807) is 6.20 Å². The van der Waals surface area contributed by atoms with E-state index >= 15 is 0 Å². The number of aromatic nitrogens is 3. The number of aryl methyl sites for hydroxylation is 2. The van der Waals surface area contributed by atoms with Gasteiger partial charge in [-0.15, -0.1) is 5.10 Å². The van der Waals surface area contributed by atoms with E-state index in [1.165, 1.54) is 16.8 Å². The second kappa shape index (κ2) is 7.84. The van der Waals surface area contributed by atoms with Crippen LogP contribution < -0.4 is 15.1 Å². The van der Waals surface area contributed by atoms with E-state index in [9.17, 15) is 0 Å². The van der Waals surface area contributed by atoms with E-state index in [2.05, 4.69) is 75.3 Å². The van der Waals surface area contributed by atoms with Crippen molar-refractivity contribution >= 4 is 23.1 Å². The molecule has 6 nitrogen and oxygen atoms in total. The third-order valence-corrected chi connectivity index (χ3v) is 5.46. The largest absolute Gasteiger partial charge is 0.368 e. The molecule has 4 rings (SSSR count). The summed E-state index contributed by atoms with van der Waals surface area (Å²) >= 11 is 0. The number of nitrogens with one attached hydrogen (secondary N) is 1. The number of piperazine rings is 1. The molecule has 0 radical (unpaired) electrons. The number of anilines is 4. The topological polar surface area (TPSA) is 57.2 Å². The van der Waals surface area contributed by atoms with Gasteiger partial charge in [0.05, 0.1) is 6.20 Å². The third kappa shape index (κ3) is 3.76. The minimum Gasteiger partial charge on any atom is -0.368 e. The van der Waals surface area contributed by atoms with E-state index in [-0.39, 0.29) is 0 Å². The van der Waals surface area contributed by atoms with Crippen molar-refractivity contribution in [1.29, 1.82) is 0 Å². The van der Waals surface area contributed by atoms with Gasteiger partial charge >= 0.3 is 0 Å². The van der Waals surface area contributed by atoms with Gasteiger partial charge in [-0.3, -0.25) is 0 Å². The summed E-state index contributed by atoms with van der Waals surface area (Å²) in [6.07, 6.45) is 1.75. The smallest absolute Gasteiger partial charge is 0.249 e. The Bertz CT molecular complexity index is 963. The minimum absolute atomic E-state index is 0.531. The standard InChI is InChI=1S/C22H26N6/c1-16-8-6-10-20(18(16)3)27-11-13-28(14-12-27)21-15-23-26-22(25-21)24-19-9-5-4-7-17(19)2/h4-10,15H,11-14H2,1-3H3,(H,24,25,26). The van der Waals surface area contributed by atoms with Crippen LogP contribution in [0.2, 0.25) is 0 Å². The first-order valence-corrected chi connectivity index (χ1v) is 9.70. The Morgan fingerprint density at radius 3 is 2.32 bits per heavy atom. The zero-order valence-corrected chi connectivity index (χ0v) is 16.7. The van der Waals surface area contributed by atoms with Gasteiger partial charge in [-0.05, 0) is 49.6 Å². The summed E-state index contributed by atoms with van der Waals surface area (Å²) in [6.45, 7) is 10.2. The second-order valence-corrected chi connectivity index (χ2v) is 7.27. The molecule has 1 N–H and O–H groups in total. The fraction of sp³-hybridized carbons (Fsp3) is 0.318. The average molecular weight is 374 g/mol. The molecule has 0 aliphatic carbocycles. The summed E-state index contributed by atoms with van der Waals surface area (Å²) in [6, 6.07) is 14.6. The lowest BCUT2D eigenvalue weighted by Gasteiger charge is -2.37. The van der Waals surface area contributed by atoms with Crippen molar-refractivity contribution in [3.63, 3.8) is 0 Å². The number of hydrogen-bond donors (Lipinski definition) is 1. The minimum atomic E-state index is 0.531. The molecule has 1 saturated heterocycles. The number of hydrogen-bond acceptors (Lipinski definition) is 6. The van der Waals surface area contributed by atoms with Gasteiger partial charge < -0.3 is 15.1 Å². The summed E-state index contributed by atoms with van der Waals surface area (Å²) in [5, 5.41) is 11.6. The summed E-state index contributed by atoms with van der Waals surface area (Å²) in [5.74, 6) is 1.40. The van der Waals surface area contributed by atoms with Crippen LogP contribution in [0.1, 0.15) is 16.7 Å². The van der Waals surface area contributed by atoms with E-state index in [0.29, 0.717) is 5.95 Å². The fourth-order valence-corrected chi connectivity index (χ4v) is 3.59. The first-order valence-electron chi connectivity index (χ1n) is 9.70. The zero-order valence-electron chi connectivity index (χ0n) is 16.7. The third-order valence-electron chi connectivity index (χ3n) is 5.46. The Labute approximate surface area is 166 Å². The molecule has 144 valence electrons. The van der Waals surface area contributed by atoms with E-state index in [4.69, 9.17) is 0 Å². The lowest BCUT2D eigenvalue weighted by atomic mass is 10.1. The highest BCUT2D eigenvalue weighted by Gasteiger charge is 2.20. The predicted octanol–water partition coefficient (Wildman–Crippen LogP) is 3.87. The van der Waals surface area contributed by atoms with Crippen LogP contribution in [0.3, 0.4) is 0 Å². The van der Waals surface area contributed by atoms with Crippen molar-refractivity contribution in [2.45, 2.75) is 20.8 Å². The van der Waals surface area contributed by atoms with Crippen LogP contribution in [0.25, 0.3) is 0 Å². The van der Waals surface area contributed by atoms with Gasteiger partial charge in [-0.25, -0.2) is 0 Å². The highest BCUT2D eigenvalue weighted by atomic mass is 15.3. The predicted molar refractivity (Wildman–Crippen MR) is 115 cm³/mol. The molecular weight excluding hydrogens is 348 g/mol.